The Bertz CT molecular complexity index is 865. The van der Waals surface area contributed by atoms with Crippen molar-refractivity contribution in [3.63, 3.8) is 0 Å². The summed E-state index contributed by atoms with van der Waals surface area (Å²) >= 11 is 0. The van der Waals surface area contributed by atoms with Gasteiger partial charge in [-0.2, -0.15) is 4.68 Å². The summed E-state index contributed by atoms with van der Waals surface area (Å²) in [6, 6.07) is 10.1. The van der Waals surface area contributed by atoms with E-state index in [1.165, 1.54) is 0 Å². The van der Waals surface area contributed by atoms with E-state index in [9.17, 15) is 0 Å². The number of nitrogens with one attached hydrogen (secondary N) is 2. The molecule has 8 nitrogen and oxygen atoms in total. The average Bonchev–Trinajstić information content (AvgIpc) is 3.32. The maximum atomic E-state index is 5.84. The molecule has 0 bridgehead atoms. The Morgan fingerprint density at radius 2 is 2.08 bits per heavy atom. The zero-order valence-corrected chi connectivity index (χ0v) is 13.0. The van der Waals surface area contributed by atoms with Crippen LogP contribution in [0.15, 0.2) is 36.7 Å². The molecule has 2 aromatic heterocycles. The molecular formula is C16H17N7O. The highest BCUT2D eigenvalue weighted by Gasteiger charge is 2.40. The Balaban J connectivity index is 1.50. The second-order valence-corrected chi connectivity index (χ2v) is 6.18. The van der Waals surface area contributed by atoms with Gasteiger partial charge in [-0.1, -0.05) is 23.4 Å². The van der Waals surface area contributed by atoms with E-state index in [2.05, 4.69) is 30.9 Å². The lowest BCUT2D eigenvalue weighted by Gasteiger charge is -2.17. The molecule has 3 aromatic rings. The number of aromatic nitrogens is 5. The third-order valence-electron chi connectivity index (χ3n) is 4.77. The molecule has 2 N–H and O–H groups in total. The first-order chi connectivity index (χ1) is 11.9. The summed E-state index contributed by atoms with van der Waals surface area (Å²) in [6.07, 6.45) is 1.84. The molecule has 5 rings (SSSR count). The van der Waals surface area contributed by atoms with Gasteiger partial charge in [-0.15, -0.1) is 5.10 Å². The van der Waals surface area contributed by atoms with Crippen LogP contribution >= 0.6 is 0 Å². The Morgan fingerprint density at radius 1 is 1.17 bits per heavy atom. The number of ether oxygens (including phenoxy) is 1. The molecule has 0 amide bonds. The second-order valence-electron chi connectivity index (χ2n) is 6.18. The first kappa shape index (κ1) is 13.8. The van der Waals surface area contributed by atoms with Crippen LogP contribution in [0.2, 0.25) is 0 Å². The highest BCUT2D eigenvalue weighted by molar-refractivity contribution is 5.83. The summed E-state index contributed by atoms with van der Waals surface area (Å²) in [5, 5.41) is 15.4. The number of para-hydroxylation sites is 1. The first-order valence-electron chi connectivity index (χ1n) is 8.11. The van der Waals surface area contributed by atoms with Crippen molar-refractivity contribution < 1.29 is 4.74 Å². The van der Waals surface area contributed by atoms with Crippen LogP contribution in [-0.4, -0.2) is 56.8 Å². The highest BCUT2D eigenvalue weighted by atomic mass is 16.5. The molecule has 2 saturated heterocycles. The Hall–Kier alpha value is -2.58. The maximum Gasteiger partial charge on any atom is 0.188 e. The van der Waals surface area contributed by atoms with Crippen LogP contribution in [0.25, 0.3) is 16.9 Å². The van der Waals surface area contributed by atoms with E-state index in [0.717, 1.165) is 18.8 Å². The van der Waals surface area contributed by atoms with Gasteiger partial charge in [0.2, 0.25) is 0 Å². The SMILES string of the molecule is c1ccc(-n2nnc3c(N[C@@H]4CO[C@@H]5CNC[C@H]45)ncnc32)cc1. The minimum absolute atomic E-state index is 0.227. The summed E-state index contributed by atoms with van der Waals surface area (Å²) in [7, 11) is 0. The quantitative estimate of drug-likeness (QED) is 0.730. The van der Waals surface area contributed by atoms with E-state index in [1.54, 1.807) is 11.0 Å². The Labute approximate surface area is 138 Å². The Morgan fingerprint density at radius 3 is 3.00 bits per heavy atom. The van der Waals surface area contributed by atoms with E-state index in [0.29, 0.717) is 35.6 Å². The van der Waals surface area contributed by atoms with Crippen molar-refractivity contribution in [2.24, 2.45) is 5.92 Å². The van der Waals surface area contributed by atoms with Gasteiger partial charge in [0.1, 0.15) is 6.33 Å². The number of anilines is 1. The molecule has 0 aliphatic carbocycles. The van der Waals surface area contributed by atoms with Crippen molar-refractivity contribution >= 4 is 17.0 Å². The lowest BCUT2D eigenvalue weighted by molar-refractivity contribution is 0.112. The van der Waals surface area contributed by atoms with Crippen LogP contribution < -0.4 is 10.6 Å². The zero-order chi connectivity index (χ0) is 15.9. The van der Waals surface area contributed by atoms with Gasteiger partial charge in [-0.25, -0.2) is 9.97 Å². The predicted octanol–water partition coefficient (Wildman–Crippen LogP) is 0.609. The van der Waals surface area contributed by atoms with Gasteiger partial charge in [0.15, 0.2) is 17.0 Å². The molecular weight excluding hydrogens is 306 g/mol. The van der Waals surface area contributed by atoms with Crippen LogP contribution in [0.4, 0.5) is 5.82 Å². The largest absolute Gasteiger partial charge is 0.374 e. The number of hydrogen-bond acceptors (Lipinski definition) is 7. The van der Waals surface area contributed by atoms with Crippen molar-refractivity contribution in [2.75, 3.05) is 25.0 Å². The minimum atomic E-state index is 0.227. The summed E-state index contributed by atoms with van der Waals surface area (Å²) in [4.78, 5) is 8.74. The molecule has 4 heterocycles. The average molecular weight is 323 g/mol. The van der Waals surface area contributed by atoms with Crippen LogP contribution in [-0.2, 0) is 4.74 Å². The van der Waals surface area contributed by atoms with E-state index >= 15 is 0 Å². The molecule has 122 valence electrons. The number of nitrogens with zero attached hydrogens (tertiary/aromatic N) is 5. The molecule has 0 unspecified atom stereocenters. The standard InChI is InChI=1S/C16H17N7O/c1-2-4-10(5-3-1)23-16-14(21-22-23)15(18-9-19-16)20-12-8-24-13-7-17-6-11(12)13/h1-5,9,11-13,17H,6-8H2,(H,18,19,20)/t11-,12-,13-/m1/s1. The minimum Gasteiger partial charge on any atom is -0.374 e. The van der Waals surface area contributed by atoms with Gasteiger partial charge in [0, 0.05) is 19.0 Å². The second kappa shape index (κ2) is 5.50. The monoisotopic (exact) mass is 323 g/mol. The normalized spacial score (nSPS) is 25.9. The number of benzene rings is 1. The van der Waals surface area contributed by atoms with Crippen molar-refractivity contribution in [2.45, 2.75) is 12.1 Å². The molecule has 0 spiro atoms. The van der Waals surface area contributed by atoms with Crippen LogP contribution in [0, 0.1) is 5.92 Å². The zero-order valence-electron chi connectivity index (χ0n) is 13.0. The molecule has 8 heteroatoms. The highest BCUT2D eigenvalue weighted by Crippen LogP contribution is 2.28. The third-order valence-corrected chi connectivity index (χ3v) is 4.77. The lowest BCUT2D eigenvalue weighted by Crippen LogP contribution is -2.31. The molecule has 3 atom stereocenters. The predicted molar refractivity (Wildman–Crippen MR) is 88.0 cm³/mol. The van der Waals surface area contributed by atoms with E-state index in [1.807, 2.05) is 30.3 Å². The fourth-order valence-electron chi connectivity index (χ4n) is 3.53. The van der Waals surface area contributed by atoms with E-state index in [-0.39, 0.29) is 6.04 Å². The van der Waals surface area contributed by atoms with E-state index < -0.39 is 0 Å². The first-order valence-corrected chi connectivity index (χ1v) is 8.11. The number of rotatable bonds is 3. The Kier molecular flexibility index (Phi) is 3.17. The fraction of sp³-hybridized carbons (Fsp3) is 0.375. The number of fused-ring (bicyclic) bond motifs is 2. The maximum absolute atomic E-state index is 5.84. The lowest BCUT2D eigenvalue weighted by atomic mass is 10.0. The van der Waals surface area contributed by atoms with Gasteiger partial charge in [0.25, 0.3) is 0 Å². The van der Waals surface area contributed by atoms with Crippen molar-refractivity contribution in [3.8, 4) is 5.69 Å². The summed E-state index contributed by atoms with van der Waals surface area (Å²) in [5.41, 5.74) is 2.29. The van der Waals surface area contributed by atoms with Gasteiger partial charge in [0.05, 0.1) is 24.4 Å². The fourth-order valence-corrected chi connectivity index (χ4v) is 3.53. The van der Waals surface area contributed by atoms with Gasteiger partial charge in [-0.3, -0.25) is 0 Å². The van der Waals surface area contributed by atoms with Crippen LogP contribution in [0.1, 0.15) is 0 Å². The number of hydrogen-bond donors (Lipinski definition) is 2. The van der Waals surface area contributed by atoms with Gasteiger partial charge >= 0.3 is 0 Å². The molecule has 24 heavy (non-hydrogen) atoms. The van der Waals surface area contributed by atoms with Crippen molar-refractivity contribution in [1.82, 2.24) is 30.3 Å². The van der Waals surface area contributed by atoms with Crippen LogP contribution in [0.5, 0.6) is 0 Å². The molecule has 2 aliphatic rings. The van der Waals surface area contributed by atoms with Crippen LogP contribution in [0.3, 0.4) is 0 Å². The summed E-state index contributed by atoms with van der Waals surface area (Å²) < 4.78 is 7.57. The molecule has 0 saturated carbocycles. The van der Waals surface area contributed by atoms with E-state index in [4.69, 9.17) is 4.74 Å². The summed E-state index contributed by atoms with van der Waals surface area (Å²) in [6.45, 7) is 2.58. The molecule has 2 aliphatic heterocycles. The third kappa shape index (κ3) is 2.15. The molecule has 2 fully saturated rings. The molecule has 1 aromatic carbocycles. The van der Waals surface area contributed by atoms with Gasteiger partial charge < -0.3 is 15.4 Å². The van der Waals surface area contributed by atoms with Crippen molar-refractivity contribution in [1.29, 1.82) is 0 Å². The van der Waals surface area contributed by atoms with Gasteiger partial charge in [-0.05, 0) is 12.1 Å². The molecule has 0 radical (unpaired) electrons. The summed E-state index contributed by atoms with van der Waals surface area (Å²) in [5.74, 6) is 1.17. The smallest absolute Gasteiger partial charge is 0.188 e. The van der Waals surface area contributed by atoms with Crippen molar-refractivity contribution in [3.05, 3.63) is 36.7 Å². The topological polar surface area (TPSA) is 89.8 Å².